The number of carbonyl (C=O) groups is 2. The van der Waals surface area contributed by atoms with Crippen molar-refractivity contribution in [2.24, 2.45) is 0 Å². The van der Waals surface area contributed by atoms with Gasteiger partial charge in [-0.05, 0) is 31.9 Å². The zero-order chi connectivity index (χ0) is 17.1. The molecule has 1 fully saturated rings. The Hall–Kier alpha value is -1.99. The topological polar surface area (TPSA) is 75.5 Å². The quantitative estimate of drug-likeness (QED) is 0.772. The minimum atomic E-state index is -0.453. The summed E-state index contributed by atoms with van der Waals surface area (Å²) >= 11 is 1.75. The number of likely N-dealkylation sites (tertiary alicyclic amines) is 1. The Morgan fingerprint density at radius 2 is 2.17 bits per heavy atom. The fourth-order valence-electron chi connectivity index (χ4n) is 3.23. The average Bonchev–Trinajstić information content (AvgIpc) is 3.05. The number of quaternary nitrogens is 1. The van der Waals surface area contributed by atoms with E-state index in [1.807, 2.05) is 25.1 Å². The van der Waals surface area contributed by atoms with Crippen LogP contribution in [0.4, 0.5) is 4.79 Å². The van der Waals surface area contributed by atoms with Crippen molar-refractivity contribution in [2.45, 2.75) is 31.7 Å². The number of thiazole rings is 1. The van der Waals surface area contributed by atoms with E-state index in [-0.39, 0.29) is 11.9 Å². The number of nitrogens with one attached hydrogen (secondary N) is 3. The van der Waals surface area contributed by atoms with Gasteiger partial charge in [-0.1, -0.05) is 12.1 Å². The van der Waals surface area contributed by atoms with Gasteiger partial charge >= 0.3 is 6.03 Å². The zero-order valence-electron chi connectivity index (χ0n) is 14.0. The number of para-hydroxylation sites is 1. The predicted octanol–water partition coefficient (Wildman–Crippen LogP) is 0.903. The van der Waals surface area contributed by atoms with Crippen LogP contribution in [0.2, 0.25) is 0 Å². The number of urea groups is 1. The van der Waals surface area contributed by atoms with Gasteiger partial charge in [0.1, 0.15) is 5.01 Å². The smallest absolute Gasteiger partial charge is 0.321 e. The maximum atomic E-state index is 12.2. The number of amides is 3. The Morgan fingerprint density at radius 3 is 2.92 bits per heavy atom. The largest absolute Gasteiger partial charge is 0.341 e. The van der Waals surface area contributed by atoms with Gasteiger partial charge in [0.05, 0.1) is 29.2 Å². The van der Waals surface area contributed by atoms with Crippen LogP contribution in [-0.4, -0.2) is 43.1 Å². The Kier molecular flexibility index (Phi) is 5.11. The number of piperidine rings is 1. The molecule has 3 atom stereocenters. The van der Waals surface area contributed by atoms with Crippen molar-refractivity contribution < 1.29 is 14.5 Å². The molecule has 3 N–H and O–H groups in total. The summed E-state index contributed by atoms with van der Waals surface area (Å²) in [5.74, 6) is 0.149. The predicted molar refractivity (Wildman–Crippen MR) is 94.4 cm³/mol. The molecule has 1 aromatic carbocycles. The second-order valence-corrected chi connectivity index (χ2v) is 7.32. The molecule has 1 aliphatic rings. The Labute approximate surface area is 145 Å². The molecule has 24 heavy (non-hydrogen) atoms. The van der Waals surface area contributed by atoms with Gasteiger partial charge in [-0.25, -0.2) is 9.78 Å². The van der Waals surface area contributed by atoms with E-state index < -0.39 is 6.03 Å². The summed E-state index contributed by atoms with van der Waals surface area (Å²) in [4.78, 5) is 29.5. The van der Waals surface area contributed by atoms with Crippen LogP contribution in [0, 0.1) is 0 Å². The van der Waals surface area contributed by atoms with Crippen molar-refractivity contribution in [3.05, 3.63) is 29.3 Å². The van der Waals surface area contributed by atoms with Crippen molar-refractivity contribution in [1.82, 2.24) is 15.6 Å². The van der Waals surface area contributed by atoms with Gasteiger partial charge in [-0.2, -0.15) is 0 Å². The number of rotatable bonds is 3. The minimum absolute atomic E-state index is 0.228. The molecule has 7 heteroatoms. The number of aromatic nitrogens is 1. The molecule has 2 aromatic rings. The Balaban J connectivity index is 1.69. The molecule has 0 bridgehead atoms. The Bertz CT molecular complexity index is 712. The SMILES string of the molecule is CNC(=O)NC(=O)[C@H](C)[NH+]1CCC[C@H](c2nc3ccccc3s2)C1. The van der Waals surface area contributed by atoms with Crippen LogP contribution in [0.25, 0.3) is 10.2 Å². The second-order valence-electron chi connectivity index (χ2n) is 6.26. The van der Waals surface area contributed by atoms with Crippen molar-refractivity contribution in [3.8, 4) is 0 Å². The number of hydrogen-bond donors (Lipinski definition) is 3. The maximum absolute atomic E-state index is 12.2. The van der Waals surface area contributed by atoms with E-state index in [0.29, 0.717) is 5.92 Å². The van der Waals surface area contributed by atoms with Crippen LogP contribution in [0.1, 0.15) is 30.7 Å². The molecule has 1 saturated heterocycles. The molecule has 128 valence electrons. The van der Waals surface area contributed by atoms with Gasteiger partial charge in [-0.15, -0.1) is 11.3 Å². The number of carbonyl (C=O) groups excluding carboxylic acids is 2. The van der Waals surface area contributed by atoms with E-state index in [1.165, 1.54) is 16.6 Å². The highest BCUT2D eigenvalue weighted by Crippen LogP contribution is 2.30. The van der Waals surface area contributed by atoms with Crippen LogP contribution < -0.4 is 15.5 Å². The van der Waals surface area contributed by atoms with Gasteiger partial charge in [0.2, 0.25) is 0 Å². The lowest BCUT2D eigenvalue weighted by Gasteiger charge is -2.32. The molecule has 2 heterocycles. The first-order valence-corrected chi connectivity index (χ1v) is 9.12. The average molecular weight is 347 g/mol. The van der Waals surface area contributed by atoms with Gasteiger partial charge in [-0.3, -0.25) is 10.1 Å². The van der Waals surface area contributed by atoms with Crippen molar-refractivity contribution >= 4 is 33.5 Å². The number of imide groups is 1. The monoisotopic (exact) mass is 347 g/mol. The first kappa shape index (κ1) is 16.9. The normalized spacial score (nSPS) is 22.1. The molecule has 6 nitrogen and oxygen atoms in total. The number of benzene rings is 1. The van der Waals surface area contributed by atoms with Gasteiger partial charge in [0, 0.05) is 7.05 Å². The molecular weight excluding hydrogens is 324 g/mol. The molecule has 0 saturated carbocycles. The van der Waals surface area contributed by atoms with Crippen molar-refractivity contribution in [2.75, 3.05) is 20.1 Å². The molecule has 3 rings (SSSR count). The van der Waals surface area contributed by atoms with Crippen molar-refractivity contribution in [1.29, 1.82) is 0 Å². The summed E-state index contributed by atoms with van der Waals surface area (Å²) in [5, 5.41) is 5.95. The summed E-state index contributed by atoms with van der Waals surface area (Å²) in [7, 11) is 1.50. The summed E-state index contributed by atoms with van der Waals surface area (Å²) in [6.45, 7) is 3.71. The summed E-state index contributed by atoms with van der Waals surface area (Å²) < 4.78 is 1.21. The standard InChI is InChI=1S/C17H22N4O2S/c1-11(15(22)20-17(23)18-2)21-9-5-6-12(10-21)16-19-13-7-3-4-8-14(13)24-16/h3-4,7-8,11-12H,5-6,9-10H2,1-2H3,(H2,18,20,22,23)/p+1/t11-,12-/m0/s1. The van der Waals surface area contributed by atoms with Crippen molar-refractivity contribution in [3.63, 3.8) is 0 Å². The molecule has 0 radical (unpaired) electrons. The third-order valence-electron chi connectivity index (χ3n) is 4.69. The third-order valence-corrected chi connectivity index (χ3v) is 5.89. The molecule has 0 aliphatic carbocycles. The fraction of sp³-hybridized carbons (Fsp3) is 0.471. The fourth-order valence-corrected chi connectivity index (χ4v) is 4.33. The molecule has 1 aliphatic heterocycles. The van der Waals surface area contributed by atoms with E-state index in [1.54, 1.807) is 11.3 Å². The zero-order valence-corrected chi connectivity index (χ0v) is 14.8. The maximum Gasteiger partial charge on any atom is 0.321 e. The first-order valence-electron chi connectivity index (χ1n) is 8.31. The molecule has 0 spiro atoms. The van der Waals surface area contributed by atoms with Crippen LogP contribution in [0.15, 0.2) is 24.3 Å². The van der Waals surface area contributed by atoms with E-state index in [9.17, 15) is 9.59 Å². The lowest BCUT2D eigenvalue weighted by molar-refractivity contribution is -0.920. The van der Waals surface area contributed by atoms with Gasteiger partial charge in [0.15, 0.2) is 6.04 Å². The van der Waals surface area contributed by atoms with E-state index >= 15 is 0 Å². The third kappa shape index (κ3) is 3.57. The van der Waals surface area contributed by atoms with Gasteiger partial charge < -0.3 is 10.2 Å². The van der Waals surface area contributed by atoms with E-state index in [0.717, 1.165) is 36.5 Å². The second kappa shape index (κ2) is 7.27. The molecule has 3 amide bonds. The van der Waals surface area contributed by atoms with Crippen LogP contribution in [0.3, 0.4) is 0 Å². The van der Waals surface area contributed by atoms with Crippen LogP contribution >= 0.6 is 11.3 Å². The Morgan fingerprint density at radius 1 is 1.38 bits per heavy atom. The van der Waals surface area contributed by atoms with Crippen LogP contribution in [-0.2, 0) is 4.79 Å². The highest BCUT2D eigenvalue weighted by Gasteiger charge is 2.33. The molecule has 1 aromatic heterocycles. The van der Waals surface area contributed by atoms with Crippen LogP contribution in [0.5, 0.6) is 0 Å². The van der Waals surface area contributed by atoms with E-state index in [2.05, 4.69) is 16.7 Å². The highest BCUT2D eigenvalue weighted by atomic mass is 32.1. The number of hydrogen-bond acceptors (Lipinski definition) is 4. The highest BCUT2D eigenvalue weighted by molar-refractivity contribution is 7.18. The number of nitrogens with zero attached hydrogens (tertiary/aromatic N) is 1. The first-order chi connectivity index (χ1) is 11.6. The molecule has 1 unspecified atom stereocenters. The summed E-state index contributed by atoms with van der Waals surface area (Å²) in [6, 6.07) is 7.49. The lowest BCUT2D eigenvalue weighted by atomic mass is 9.97. The van der Waals surface area contributed by atoms with E-state index in [4.69, 9.17) is 4.98 Å². The summed E-state index contributed by atoms with van der Waals surface area (Å²) in [6.07, 6.45) is 2.17. The summed E-state index contributed by atoms with van der Waals surface area (Å²) in [5.41, 5.74) is 1.05. The minimum Gasteiger partial charge on any atom is -0.341 e. The number of fused-ring (bicyclic) bond motifs is 1. The molecular formula is C17H23N4O2S+. The lowest BCUT2D eigenvalue weighted by Crippen LogP contribution is -3.18. The van der Waals surface area contributed by atoms with Gasteiger partial charge in [0.25, 0.3) is 5.91 Å².